The molecule has 2 aliphatic heterocycles. The normalized spacial score (nSPS) is 19.3. The first-order valence-electron chi connectivity index (χ1n) is 10.6. The van der Waals surface area contributed by atoms with Crippen LogP contribution in [0.2, 0.25) is 0 Å². The Hall–Kier alpha value is -2.53. The highest BCUT2D eigenvalue weighted by molar-refractivity contribution is 6.06. The van der Waals surface area contributed by atoms with E-state index in [-0.39, 0.29) is 6.04 Å². The third-order valence-corrected chi connectivity index (χ3v) is 6.08. The van der Waals surface area contributed by atoms with Crippen molar-refractivity contribution in [1.29, 1.82) is 0 Å². The Morgan fingerprint density at radius 3 is 2.24 bits per heavy atom. The zero-order valence-electron chi connectivity index (χ0n) is 18.2. The van der Waals surface area contributed by atoms with E-state index in [4.69, 9.17) is 10.9 Å². The predicted molar refractivity (Wildman–Crippen MR) is 123 cm³/mol. The van der Waals surface area contributed by atoms with Crippen molar-refractivity contribution in [3.05, 3.63) is 58.7 Å². The lowest BCUT2D eigenvalue weighted by atomic mass is 9.95. The van der Waals surface area contributed by atoms with Crippen molar-refractivity contribution < 1.29 is 5.21 Å². The number of hydrogen-bond acceptors (Lipinski definition) is 5. The minimum Gasteiger partial charge on any atom is -0.411 e. The number of oxime groups is 1. The summed E-state index contributed by atoms with van der Waals surface area (Å²) in [4.78, 5) is 4.49. The number of nitrogens with two attached hydrogens (primary N) is 1. The molecule has 2 aliphatic rings. The molecule has 0 aliphatic carbocycles. The van der Waals surface area contributed by atoms with Crippen molar-refractivity contribution >= 4 is 17.1 Å². The Bertz CT molecular complexity index is 877. The van der Waals surface area contributed by atoms with Gasteiger partial charge in [0.25, 0.3) is 0 Å². The van der Waals surface area contributed by atoms with E-state index in [9.17, 15) is 0 Å². The number of anilines is 2. The second-order valence-corrected chi connectivity index (χ2v) is 7.99. The topological polar surface area (TPSA) is 65.1 Å². The number of hydrogen-bond donors (Lipinski definition) is 2. The van der Waals surface area contributed by atoms with Crippen molar-refractivity contribution in [3.63, 3.8) is 0 Å². The summed E-state index contributed by atoms with van der Waals surface area (Å²) >= 11 is 0. The van der Waals surface area contributed by atoms with Crippen LogP contribution in [0.4, 0.5) is 11.4 Å². The molecule has 0 aromatic heterocycles. The molecule has 2 heterocycles. The molecule has 1 atom stereocenters. The highest BCUT2D eigenvalue weighted by atomic mass is 16.4. The van der Waals surface area contributed by atoms with Crippen LogP contribution in [0.5, 0.6) is 0 Å². The first-order valence-corrected chi connectivity index (χ1v) is 10.6. The van der Waals surface area contributed by atoms with Crippen LogP contribution in [0.1, 0.15) is 55.0 Å². The Morgan fingerprint density at radius 1 is 0.966 bits per heavy atom. The molecule has 0 fully saturated rings. The number of benzene rings is 2. The summed E-state index contributed by atoms with van der Waals surface area (Å²) in [6.45, 7) is 6.29. The van der Waals surface area contributed by atoms with Crippen molar-refractivity contribution in [2.45, 2.75) is 45.6 Å². The molecule has 2 aromatic carbocycles. The molecule has 0 spiro atoms. The zero-order valence-corrected chi connectivity index (χ0v) is 18.2. The minimum atomic E-state index is 0.229. The lowest BCUT2D eigenvalue weighted by Gasteiger charge is -2.31. The summed E-state index contributed by atoms with van der Waals surface area (Å²) in [5, 5.41) is 12.3. The Kier molecular flexibility index (Phi) is 6.80. The molecule has 0 saturated carbocycles. The van der Waals surface area contributed by atoms with Crippen molar-refractivity contribution in [1.82, 2.24) is 0 Å². The molecule has 5 heteroatoms. The van der Waals surface area contributed by atoms with Crippen LogP contribution in [0.3, 0.4) is 0 Å². The van der Waals surface area contributed by atoms with Gasteiger partial charge >= 0.3 is 0 Å². The molecule has 0 saturated heterocycles. The van der Waals surface area contributed by atoms with E-state index in [0.29, 0.717) is 0 Å². The monoisotopic (exact) mass is 394 g/mol. The fourth-order valence-electron chi connectivity index (χ4n) is 4.08. The summed E-state index contributed by atoms with van der Waals surface area (Å²) in [6, 6.07) is 13.3. The zero-order chi connectivity index (χ0) is 21.0. The van der Waals surface area contributed by atoms with E-state index in [1.165, 1.54) is 22.4 Å². The molecular weight excluding hydrogens is 360 g/mol. The molecule has 0 radical (unpaired) electrons. The standard InChI is InChI=1S/C12H16N2O.C12H18N2/c1-3-9-4-5-12-10(8-9)11(13-15)6-7-14(12)2;1-3-9-4-5-12-10(8-9)11(13)6-7-14(12)2/h4-5,8,15H,3,6-7H2,1-2H3;4-5,8,11H,3,6-7,13H2,1-2H3. The number of aryl methyl sites for hydroxylation is 2. The van der Waals surface area contributed by atoms with Crippen LogP contribution in [0.15, 0.2) is 41.6 Å². The molecule has 4 rings (SSSR count). The minimum absolute atomic E-state index is 0.229. The quantitative estimate of drug-likeness (QED) is 0.587. The number of nitrogens with zero attached hydrogens (tertiary/aromatic N) is 3. The summed E-state index contributed by atoms with van der Waals surface area (Å²) < 4.78 is 0. The van der Waals surface area contributed by atoms with Gasteiger partial charge in [-0.2, -0.15) is 0 Å². The summed E-state index contributed by atoms with van der Waals surface area (Å²) in [6.07, 6.45) is 3.98. The van der Waals surface area contributed by atoms with Crippen molar-refractivity contribution in [3.8, 4) is 0 Å². The highest BCUT2D eigenvalue weighted by Gasteiger charge is 2.20. The van der Waals surface area contributed by atoms with Crippen LogP contribution in [-0.4, -0.2) is 38.1 Å². The molecule has 5 nitrogen and oxygen atoms in total. The van der Waals surface area contributed by atoms with Gasteiger partial charge < -0.3 is 20.7 Å². The maximum atomic E-state index is 8.96. The average Bonchev–Trinajstić information content (AvgIpc) is 2.76. The van der Waals surface area contributed by atoms with Gasteiger partial charge in [-0.3, -0.25) is 0 Å². The van der Waals surface area contributed by atoms with E-state index in [1.54, 1.807) is 0 Å². The molecule has 3 N–H and O–H groups in total. The second kappa shape index (κ2) is 9.31. The molecular formula is C24H34N4O. The number of fused-ring (bicyclic) bond motifs is 2. The van der Waals surface area contributed by atoms with Gasteiger partial charge in [-0.15, -0.1) is 0 Å². The summed E-state index contributed by atoms with van der Waals surface area (Å²) in [7, 11) is 4.20. The fourth-order valence-corrected chi connectivity index (χ4v) is 4.08. The summed E-state index contributed by atoms with van der Waals surface area (Å²) in [5.74, 6) is 0. The SMILES string of the molecule is CCc1ccc2c(c1)C(=NO)CCN2C.CCc1ccc2c(c1)C(N)CCN2C. The molecule has 29 heavy (non-hydrogen) atoms. The first-order chi connectivity index (χ1) is 14.0. The van der Waals surface area contributed by atoms with Gasteiger partial charge in [-0.25, -0.2) is 0 Å². The van der Waals surface area contributed by atoms with Crippen molar-refractivity contribution in [2.75, 3.05) is 37.0 Å². The number of rotatable bonds is 2. The lowest BCUT2D eigenvalue weighted by molar-refractivity contribution is 0.318. The van der Waals surface area contributed by atoms with Crippen LogP contribution in [-0.2, 0) is 12.8 Å². The fraction of sp³-hybridized carbons (Fsp3) is 0.458. The second-order valence-electron chi connectivity index (χ2n) is 7.99. The highest BCUT2D eigenvalue weighted by Crippen LogP contribution is 2.32. The Morgan fingerprint density at radius 2 is 1.59 bits per heavy atom. The van der Waals surface area contributed by atoms with Gasteiger partial charge in [0.2, 0.25) is 0 Å². The van der Waals surface area contributed by atoms with Crippen molar-refractivity contribution in [2.24, 2.45) is 10.9 Å². The van der Waals surface area contributed by atoms with Crippen LogP contribution in [0, 0.1) is 0 Å². The molecule has 0 bridgehead atoms. The average molecular weight is 395 g/mol. The molecule has 156 valence electrons. The van der Waals surface area contributed by atoms with E-state index in [0.717, 1.165) is 55.7 Å². The van der Waals surface area contributed by atoms with E-state index < -0.39 is 0 Å². The van der Waals surface area contributed by atoms with Gasteiger partial charge in [0.1, 0.15) is 0 Å². The van der Waals surface area contributed by atoms with E-state index >= 15 is 0 Å². The smallest absolute Gasteiger partial charge is 0.0906 e. The van der Waals surface area contributed by atoms with Gasteiger partial charge in [-0.1, -0.05) is 37.2 Å². The molecule has 0 amide bonds. The molecule has 1 unspecified atom stereocenters. The van der Waals surface area contributed by atoms with Gasteiger partial charge in [0.15, 0.2) is 0 Å². The van der Waals surface area contributed by atoms with Gasteiger partial charge in [0.05, 0.1) is 5.71 Å². The van der Waals surface area contributed by atoms with Gasteiger partial charge in [0, 0.05) is 56.6 Å². The first kappa shape index (κ1) is 21.2. The summed E-state index contributed by atoms with van der Waals surface area (Å²) in [5.41, 5.74) is 14.4. The lowest BCUT2D eigenvalue weighted by Crippen LogP contribution is -2.30. The van der Waals surface area contributed by atoms with Crippen LogP contribution >= 0.6 is 0 Å². The maximum absolute atomic E-state index is 8.96. The molecule has 2 aromatic rings. The van der Waals surface area contributed by atoms with E-state index in [2.05, 4.69) is 79.3 Å². The van der Waals surface area contributed by atoms with Crippen LogP contribution in [0.25, 0.3) is 0 Å². The third-order valence-electron chi connectivity index (χ3n) is 6.08. The third kappa shape index (κ3) is 4.56. The van der Waals surface area contributed by atoms with E-state index in [1.807, 2.05) is 0 Å². The van der Waals surface area contributed by atoms with Gasteiger partial charge in [-0.05, 0) is 54.2 Å². The Balaban J connectivity index is 0.000000166. The maximum Gasteiger partial charge on any atom is 0.0906 e. The van der Waals surface area contributed by atoms with Crippen LogP contribution < -0.4 is 15.5 Å². The predicted octanol–water partition coefficient (Wildman–Crippen LogP) is 4.36. The largest absolute Gasteiger partial charge is 0.411 e. The Labute approximate surface area is 174 Å².